The SMILES string of the molecule is CC(CNC(=O)C1CCCN1C(=O)c1cccs1)CC(=O)O. The molecule has 2 heterocycles. The molecule has 22 heavy (non-hydrogen) atoms. The summed E-state index contributed by atoms with van der Waals surface area (Å²) in [6, 6.07) is 3.12. The van der Waals surface area contributed by atoms with Crippen LogP contribution in [0.25, 0.3) is 0 Å². The third kappa shape index (κ3) is 4.07. The zero-order chi connectivity index (χ0) is 16.1. The normalized spacial score (nSPS) is 19.0. The average Bonchev–Trinajstić information content (AvgIpc) is 3.13. The number of likely N-dealkylation sites (tertiary alicyclic amines) is 1. The minimum absolute atomic E-state index is 0.0167. The lowest BCUT2D eigenvalue weighted by Gasteiger charge is -2.24. The monoisotopic (exact) mass is 324 g/mol. The topological polar surface area (TPSA) is 86.7 Å². The van der Waals surface area contributed by atoms with Gasteiger partial charge in [-0.15, -0.1) is 11.3 Å². The van der Waals surface area contributed by atoms with E-state index in [2.05, 4.69) is 5.32 Å². The summed E-state index contributed by atoms with van der Waals surface area (Å²) in [6.45, 7) is 2.67. The molecule has 2 atom stereocenters. The molecule has 0 aromatic carbocycles. The van der Waals surface area contributed by atoms with Crippen LogP contribution in [0.2, 0.25) is 0 Å². The molecule has 1 saturated heterocycles. The molecule has 7 heteroatoms. The summed E-state index contributed by atoms with van der Waals surface area (Å²) >= 11 is 1.37. The molecule has 6 nitrogen and oxygen atoms in total. The van der Waals surface area contributed by atoms with Crippen molar-refractivity contribution in [2.45, 2.75) is 32.2 Å². The number of hydrogen-bond donors (Lipinski definition) is 2. The number of hydrogen-bond acceptors (Lipinski definition) is 4. The van der Waals surface area contributed by atoms with Crippen molar-refractivity contribution in [1.82, 2.24) is 10.2 Å². The Labute approximate surface area is 133 Å². The quantitative estimate of drug-likeness (QED) is 0.832. The molecular formula is C15H20N2O4S. The Bertz CT molecular complexity index is 544. The van der Waals surface area contributed by atoms with Crippen molar-refractivity contribution in [2.24, 2.45) is 5.92 Å². The van der Waals surface area contributed by atoms with E-state index in [1.165, 1.54) is 11.3 Å². The lowest BCUT2D eigenvalue weighted by Crippen LogP contribution is -2.46. The van der Waals surface area contributed by atoms with Gasteiger partial charge in [-0.3, -0.25) is 14.4 Å². The first kappa shape index (κ1) is 16.5. The van der Waals surface area contributed by atoms with E-state index in [1.54, 1.807) is 17.9 Å². The molecule has 0 spiro atoms. The van der Waals surface area contributed by atoms with Gasteiger partial charge in [0.1, 0.15) is 6.04 Å². The van der Waals surface area contributed by atoms with Gasteiger partial charge >= 0.3 is 5.97 Å². The minimum atomic E-state index is -0.878. The van der Waals surface area contributed by atoms with E-state index in [1.807, 2.05) is 11.4 Å². The summed E-state index contributed by atoms with van der Waals surface area (Å²) in [5.41, 5.74) is 0. The minimum Gasteiger partial charge on any atom is -0.481 e. The molecule has 1 aliphatic heterocycles. The predicted molar refractivity (Wildman–Crippen MR) is 82.8 cm³/mol. The maximum absolute atomic E-state index is 12.4. The number of rotatable bonds is 6. The molecule has 2 unspecified atom stereocenters. The zero-order valence-corrected chi connectivity index (χ0v) is 13.3. The summed E-state index contributed by atoms with van der Waals surface area (Å²) in [6.07, 6.45) is 1.47. The first-order valence-corrected chi connectivity index (χ1v) is 8.21. The van der Waals surface area contributed by atoms with Gasteiger partial charge in [-0.05, 0) is 30.2 Å². The van der Waals surface area contributed by atoms with Crippen LogP contribution in [0.3, 0.4) is 0 Å². The van der Waals surface area contributed by atoms with Crippen molar-refractivity contribution in [3.63, 3.8) is 0 Å². The highest BCUT2D eigenvalue weighted by molar-refractivity contribution is 7.12. The number of aliphatic carboxylic acids is 1. The van der Waals surface area contributed by atoms with Crippen LogP contribution >= 0.6 is 11.3 Å². The van der Waals surface area contributed by atoms with E-state index in [0.29, 0.717) is 24.4 Å². The van der Waals surface area contributed by atoms with Gasteiger partial charge in [0.05, 0.1) is 4.88 Å². The van der Waals surface area contributed by atoms with E-state index in [4.69, 9.17) is 5.11 Å². The highest BCUT2D eigenvalue weighted by Crippen LogP contribution is 2.22. The summed E-state index contributed by atoms with van der Waals surface area (Å²) in [4.78, 5) is 37.5. The Morgan fingerprint density at radius 1 is 1.50 bits per heavy atom. The van der Waals surface area contributed by atoms with Crippen molar-refractivity contribution in [2.75, 3.05) is 13.1 Å². The third-order valence-corrected chi connectivity index (χ3v) is 4.55. The molecule has 2 amide bonds. The van der Waals surface area contributed by atoms with Crippen LogP contribution in [0.15, 0.2) is 17.5 Å². The molecular weight excluding hydrogens is 304 g/mol. The van der Waals surface area contributed by atoms with E-state index in [9.17, 15) is 14.4 Å². The van der Waals surface area contributed by atoms with Gasteiger partial charge in [-0.1, -0.05) is 13.0 Å². The number of nitrogens with one attached hydrogen (secondary N) is 1. The number of carboxylic acids is 1. The van der Waals surface area contributed by atoms with E-state index >= 15 is 0 Å². The Hall–Kier alpha value is -1.89. The number of amides is 2. The van der Waals surface area contributed by atoms with Crippen molar-refractivity contribution < 1.29 is 19.5 Å². The largest absolute Gasteiger partial charge is 0.481 e. The van der Waals surface area contributed by atoms with Crippen LogP contribution in [-0.2, 0) is 9.59 Å². The molecule has 1 aliphatic rings. The van der Waals surface area contributed by atoms with Gasteiger partial charge in [0.2, 0.25) is 5.91 Å². The van der Waals surface area contributed by atoms with E-state index in [-0.39, 0.29) is 24.2 Å². The molecule has 0 saturated carbocycles. The first-order chi connectivity index (χ1) is 10.5. The maximum Gasteiger partial charge on any atom is 0.303 e. The summed E-state index contributed by atoms with van der Waals surface area (Å²) < 4.78 is 0. The highest BCUT2D eigenvalue weighted by Gasteiger charge is 2.34. The predicted octanol–water partition coefficient (Wildman–Crippen LogP) is 1.58. The Morgan fingerprint density at radius 2 is 2.27 bits per heavy atom. The highest BCUT2D eigenvalue weighted by atomic mass is 32.1. The summed E-state index contributed by atoms with van der Waals surface area (Å²) in [5, 5.41) is 13.3. The molecule has 2 N–H and O–H groups in total. The fourth-order valence-corrected chi connectivity index (χ4v) is 3.27. The van der Waals surface area contributed by atoms with Gasteiger partial charge < -0.3 is 15.3 Å². The van der Waals surface area contributed by atoms with Crippen LogP contribution < -0.4 is 5.32 Å². The molecule has 0 bridgehead atoms. The van der Waals surface area contributed by atoms with Gasteiger partial charge in [0, 0.05) is 19.5 Å². The molecule has 120 valence electrons. The van der Waals surface area contributed by atoms with Crippen molar-refractivity contribution in [3.05, 3.63) is 22.4 Å². The molecule has 0 radical (unpaired) electrons. The standard InChI is InChI=1S/C15H20N2O4S/c1-10(8-13(18)19)9-16-14(20)11-4-2-6-17(11)15(21)12-5-3-7-22-12/h3,5,7,10-11H,2,4,6,8-9H2,1H3,(H,16,20)(H,18,19). The molecule has 1 fully saturated rings. The fourth-order valence-electron chi connectivity index (χ4n) is 2.59. The van der Waals surface area contributed by atoms with E-state index < -0.39 is 12.0 Å². The second-order valence-electron chi connectivity index (χ2n) is 5.58. The zero-order valence-electron chi connectivity index (χ0n) is 12.4. The second kappa shape index (κ2) is 7.40. The number of thiophene rings is 1. The Balaban J connectivity index is 1.91. The van der Waals surface area contributed by atoms with Crippen LogP contribution in [-0.4, -0.2) is 46.9 Å². The lowest BCUT2D eigenvalue weighted by molar-refractivity contribution is -0.138. The van der Waals surface area contributed by atoms with Gasteiger partial charge in [-0.2, -0.15) is 0 Å². The van der Waals surface area contributed by atoms with E-state index in [0.717, 1.165) is 6.42 Å². The summed E-state index contributed by atoms with van der Waals surface area (Å²) in [5.74, 6) is -1.31. The van der Waals surface area contributed by atoms with Gasteiger partial charge in [0.25, 0.3) is 5.91 Å². The van der Waals surface area contributed by atoms with Crippen molar-refractivity contribution in [1.29, 1.82) is 0 Å². The first-order valence-electron chi connectivity index (χ1n) is 7.33. The maximum atomic E-state index is 12.4. The third-order valence-electron chi connectivity index (χ3n) is 3.70. The van der Waals surface area contributed by atoms with Crippen molar-refractivity contribution >= 4 is 29.1 Å². The lowest BCUT2D eigenvalue weighted by atomic mass is 10.1. The number of nitrogens with zero attached hydrogens (tertiary/aromatic N) is 1. The summed E-state index contributed by atoms with van der Waals surface area (Å²) in [7, 11) is 0. The fraction of sp³-hybridized carbons (Fsp3) is 0.533. The van der Waals surface area contributed by atoms with Crippen LogP contribution in [0.5, 0.6) is 0 Å². The van der Waals surface area contributed by atoms with Crippen molar-refractivity contribution in [3.8, 4) is 0 Å². The Kier molecular flexibility index (Phi) is 5.54. The van der Waals surface area contributed by atoms with Gasteiger partial charge in [-0.25, -0.2) is 0 Å². The van der Waals surface area contributed by atoms with Crippen LogP contribution in [0.1, 0.15) is 35.9 Å². The smallest absolute Gasteiger partial charge is 0.303 e. The molecule has 0 aliphatic carbocycles. The number of carbonyl (C=O) groups is 3. The molecule has 1 aromatic heterocycles. The number of carboxylic acid groups (broad SMARTS) is 1. The molecule has 2 rings (SSSR count). The van der Waals surface area contributed by atoms with Crippen LogP contribution in [0, 0.1) is 5.92 Å². The number of carbonyl (C=O) groups excluding carboxylic acids is 2. The average molecular weight is 324 g/mol. The molecule has 1 aromatic rings. The second-order valence-corrected chi connectivity index (χ2v) is 6.53. The Morgan fingerprint density at radius 3 is 2.91 bits per heavy atom. The van der Waals surface area contributed by atoms with Gasteiger partial charge in [0.15, 0.2) is 0 Å². The van der Waals surface area contributed by atoms with Crippen LogP contribution in [0.4, 0.5) is 0 Å².